The Hall–Kier alpha value is -2.68. The number of benzene rings is 1. The zero-order valence-electron chi connectivity index (χ0n) is 11.4. The molecule has 5 nitrogen and oxygen atoms in total. The van der Waals surface area contributed by atoms with Gasteiger partial charge in [0.2, 0.25) is 0 Å². The van der Waals surface area contributed by atoms with Crippen LogP contribution in [0.15, 0.2) is 36.8 Å². The van der Waals surface area contributed by atoms with Crippen molar-refractivity contribution in [2.45, 2.75) is 0 Å². The highest BCUT2D eigenvalue weighted by Crippen LogP contribution is 2.24. The zero-order chi connectivity index (χ0) is 14.7. The van der Waals surface area contributed by atoms with Gasteiger partial charge in [-0.25, -0.2) is 14.4 Å². The molecule has 1 aromatic carbocycles. The van der Waals surface area contributed by atoms with Crippen LogP contribution in [0.1, 0.15) is 5.56 Å². The number of halogens is 1. The summed E-state index contributed by atoms with van der Waals surface area (Å²) < 4.78 is 13.7. The normalized spacial score (nSPS) is 14.9. The van der Waals surface area contributed by atoms with Gasteiger partial charge in [-0.05, 0) is 18.2 Å². The second kappa shape index (κ2) is 5.75. The lowest BCUT2D eigenvalue weighted by molar-refractivity contribution is 0.615. The van der Waals surface area contributed by atoms with E-state index in [1.165, 1.54) is 12.4 Å². The lowest BCUT2D eigenvalue weighted by atomic mass is 10.1. The van der Waals surface area contributed by atoms with Crippen LogP contribution in [0.25, 0.3) is 0 Å². The Morgan fingerprint density at radius 1 is 1.10 bits per heavy atom. The van der Waals surface area contributed by atoms with E-state index in [0.29, 0.717) is 5.69 Å². The highest BCUT2D eigenvalue weighted by Gasteiger charge is 2.21. The van der Waals surface area contributed by atoms with Gasteiger partial charge in [-0.15, -0.1) is 0 Å². The Morgan fingerprint density at radius 3 is 2.52 bits per heavy atom. The van der Waals surface area contributed by atoms with Gasteiger partial charge in [0, 0.05) is 32.4 Å². The van der Waals surface area contributed by atoms with Crippen molar-refractivity contribution in [3.8, 4) is 6.07 Å². The Balaban J connectivity index is 1.75. The molecule has 1 aliphatic rings. The van der Waals surface area contributed by atoms with Gasteiger partial charge in [-0.1, -0.05) is 6.07 Å². The van der Waals surface area contributed by atoms with Crippen molar-refractivity contribution in [3.05, 3.63) is 48.2 Å². The van der Waals surface area contributed by atoms with E-state index < -0.39 is 5.82 Å². The first-order chi connectivity index (χ1) is 10.3. The van der Waals surface area contributed by atoms with E-state index in [4.69, 9.17) is 5.26 Å². The number of nitrogens with zero attached hydrogens (tertiary/aromatic N) is 5. The van der Waals surface area contributed by atoms with E-state index in [1.807, 2.05) is 17.0 Å². The number of aromatic nitrogens is 2. The van der Waals surface area contributed by atoms with Gasteiger partial charge >= 0.3 is 0 Å². The highest BCUT2D eigenvalue weighted by molar-refractivity contribution is 5.60. The van der Waals surface area contributed by atoms with E-state index >= 15 is 0 Å². The summed E-state index contributed by atoms with van der Waals surface area (Å²) in [7, 11) is 0. The Labute approximate surface area is 122 Å². The van der Waals surface area contributed by atoms with Crippen molar-refractivity contribution < 1.29 is 4.39 Å². The molecule has 1 aliphatic heterocycles. The van der Waals surface area contributed by atoms with Crippen LogP contribution in [0.4, 0.5) is 15.9 Å². The summed E-state index contributed by atoms with van der Waals surface area (Å²) in [6, 6.07) is 8.58. The second-order valence-electron chi connectivity index (χ2n) is 4.79. The Morgan fingerprint density at radius 2 is 1.86 bits per heavy atom. The van der Waals surface area contributed by atoms with E-state index in [0.717, 1.165) is 32.0 Å². The van der Waals surface area contributed by atoms with Crippen LogP contribution in [0.2, 0.25) is 0 Å². The monoisotopic (exact) mass is 283 g/mol. The minimum absolute atomic E-state index is 0.119. The van der Waals surface area contributed by atoms with Gasteiger partial charge in [0.05, 0.1) is 5.69 Å². The molecule has 1 fully saturated rings. The molecule has 21 heavy (non-hydrogen) atoms. The van der Waals surface area contributed by atoms with Gasteiger partial charge in [-0.3, -0.25) is 0 Å². The molecular weight excluding hydrogens is 269 g/mol. The third-order valence-corrected chi connectivity index (χ3v) is 3.61. The van der Waals surface area contributed by atoms with Crippen molar-refractivity contribution in [1.29, 1.82) is 5.26 Å². The van der Waals surface area contributed by atoms with Crippen LogP contribution in [-0.2, 0) is 0 Å². The summed E-state index contributed by atoms with van der Waals surface area (Å²) in [5, 5.41) is 9.12. The number of rotatable bonds is 2. The lowest BCUT2D eigenvalue weighted by Crippen LogP contribution is -2.47. The minimum atomic E-state index is -0.465. The van der Waals surface area contributed by atoms with Gasteiger partial charge in [-0.2, -0.15) is 5.26 Å². The van der Waals surface area contributed by atoms with Crippen LogP contribution >= 0.6 is 0 Å². The molecule has 0 atom stereocenters. The quantitative estimate of drug-likeness (QED) is 0.841. The predicted molar refractivity (Wildman–Crippen MR) is 77.6 cm³/mol. The molecular formula is C15H14FN5. The summed E-state index contributed by atoms with van der Waals surface area (Å²) in [5.74, 6) is 0.428. The van der Waals surface area contributed by atoms with Crippen LogP contribution in [0.5, 0.6) is 0 Å². The number of nitriles is 1. The van der Waals surface area contributed by atoms with Crippen molar-refractivity contribution in [2.75, 3.05) is 36.0 Å². The van der Waals surface area contributed by atoms with Crippen LogP contribution < -0.4 is 9.80 Å². The third-order valence-electron chi connectivity index (χ3n) is 3.61. The Bertz CT molecular complexity index is 660. The maximum atomic E-state index is 13.7. The summed E-state index contributed by atoms with van der Waals surface area (Å²) in [6.07, 6.45) is 3.25. The first-order valence-electron chi connectivity index (χ1n) is 6.74. The number of hydrogen-bond acceptors (Lipinski definition) is 5. The van der Waals surface area contributed by atoms with E-state index in [9.17, 15) is 4.39 Å². The van der Waals surface area contributed by atoms with Crippen LogP contribution in [0.3, 0.4) is 0 Å². The molecule has 2 aromatic rings. The molecule has 0 N–H and O–H groups in total. The standard InChI is InChI=1S/C15H14FN5/c16-13-2-1-3-14(12(13)10-17)20-6-8-21(9-7-20)15-4-5-18-11-19-15/h1-5,11H,6-9H2. The van der Waals surface area contributed by atoms with Crippen LogP contribution in [0, 0.1) is 17.1 Å². The first kappa shape index (κ1) is 13.3. The molecule has 0 unspecified atom stereocenters. The molecule has 0 amide bonds. The molecule has 0 aliphatic carbocycles. The van der Waals surface area contributed by atoms with E-state index in [-0.39, 0.29) is 5.56 Å². The van der Waals surface area contributed by atoms with Gasteiger partial charge in [0.1, 0.15) is 29.6 Å². The van der Waals surface area contributed by atoms with Gasteiger partial charge < -0.3 is 9.80 Å². The van der Waals surface area contributed by atoms with Crippen molar-refractivity contribution in [1.82, 2.24) is 9.97 Å². The zero-order valence-corrected chi connectivity index (χ0v) is 11.4. The van der Waals surface area contributed by atoms with Crippen LogP contribution in [-0.4, -0.2) is 36.1 Å². The molecule has 1 saturated heterocycles. The second-order valence-corrected chi connectivity index (χ2v) is 4.79. The number of hydrogen-bond donors (Lipinski definition) is 0. The fourth-order valence-corrected chi connectivity index (χ4v) is 2.53. The topological polar surface area (TPSA) is 56.1 Å². The van der Waals surface area contributed by atoms with E-state index in [2.05, 4.69) is 14.9 Å². The fraction of sp³-hybridized carbons (Fsp3) is 0.267. The van der Waals surface area contributed by atoms with Crippen molar-refractivity contribution in [3.63, 3.8) is 0 Å². The molecule has 106 valence electrons. The van der Waals surface area contributed by atoms with Crippen molar-refractivity contribution >= 4 is 11.5 Å². The fourth-order valence-electron chi connectivity index (χ4n) is 2.53. The molecule has 2 heterocycles. The molecule has 0 radical (unpaired) electrons. The third kappa shape index (κ3) is 2.63. The maximum Gasteiger partial charge on any atom is 0.143 e. The summed E-state index contributed by atoms with van der Waals surface area (Å²) >= 11 is 0. The summed E-state index contributed by atoms with van der Waals surface area (Å²) in [6.45, 7) is 3.00. The SMILES string of the molecule is N#Cc1c(F)cccc1N1CCN(c2ccncn2)CC1. The summed E-state index contributed by atoms with van der Waals surface area (Å²) in [4.78, 5) is 12.3. The lowest BCUT2D eigenvalue weighted by Gasteiger charge is -2.37. The van der Waals surface area contributed by atoms with Gasteiger partial charge in [0.15, 0.2) is 0 Å². The first-order valence-corrected chi connectivity index (χ1v) is 6.74. The molecule has 1 aromatic heterocycles. The van der Waals surface area contributed by atoms with Gasteiger partial charge in [0.25, 0.3) is 0 Å². The summed E-state index contributed by atoms with van der Waals surface area (Å²) in [5.41, 5.74) is 0.785. The molecule has 6 heteroatoms. The van der Waals surface area contributed by atoms with E-state index in [1.54, 1.807) is 18.3 Å². The molecule has 0 saturated carbocycles. The largest absolute Gasteiger partial charge is 0.367 e. The number of piperazine rings is 1. The highest BCUT2D eigenvalue weighted by atomic mass is 19.1. The average molecular weight is 283 g/mol. The maximum absolute atomic E-state index is 13.7. The minimum Gasteiger partial charge on any atom is -0.367 e. The smallest absolute Gasteiger partial charge is 0.143 e. The molecule has 0 bridgehead atoms. The number of anilines is 2. The molecule has 0 spiro atoms. The molecule has 3 rings (SSSR count). The Kier molecular flexibility index (Phi) is 3.65. The van der Waals surface area contributed by atoms with Crippen molar-refractivity contribution in [2.24, 2.45) is 0 Å². The predicted octanol–water partition coefficient (Wildman–Crippen LogP) is 1.81. The average Bonchev–Trinajstić information content (AvgIpc) is 2.55.